The molecule has 1 heterocycles. The van der Waals surface area contributed by atoms with Gasteiger partial charge in [0.25, 0.3) is 0 Å². The van der Waals surface area contributed by atoms with E-state index >= 15 is 0 Å². The van der Waals surface area contributed by atoms with E-state index in [0.29, 0.717) is 5.02 Å². The summed E-state index contributed by atoms with van der Waals surface area (Å²) in [6.45, 7) is 0. The van der Waals surface area contributed by atoms with Gasteiger partial charge in [0.15, 0.2) is 0 Å². The summed E-state index contributed by atoms with van der Waals surface area (Å²) in [5.41, 5.74) is 7.37. The van der Waals surface area contributed by atoms with Gasteiger partial charge < -0.3 is 4.74 Å². The Kier molecular flexibility index (Phi) is 5.59. The number of hydrogen-bond donors (Lipinski definition) is 1. The second-order valence-electron chi connectivity index (χ2n) is 6.29. The Bertz CT molecular complexity index is 1120. The molecule has 1 aromatic heterocycles. The average molecular weight is 403 g/mol. The van der Waals surface area contributed by atoms with Gasteiger partial charge in [0.05, 0.1) is 29.7 Å². The first-order chi connectivity index (χ1) is 14.2. The van der Waals surface area contributed by atoms with Crippen LogP contribution in [0.3, 0.4) is 0 Å². The first-order valence-electron chi connectivity index (χ1n) is 9.08. The summed E-state index contributed by atoms with van der Waals surface area (Å²) in [5.74, 6) is 0.798. The first kappa shape index (κ1) is 18.8. The number of halogens is 1. The molecule has 0 atom stereocenters. The molecule has 0 aliphatic carbocycles. The largest absolute Gasteiger partial charge is 0.497 e. The molecule has 0 radical (unpaired) electrons. The molecule has 29 heavy (non-hydrogen) atoms. The van der Waals surface area contributed by atoms with E-state index in [2.05, 4.69) is 10.5 Å². The predicted octanol–water partition coefficient (Wildman–Crippen LogP) is 5.65. The van der Waals surface area contributed by atoms with Gasteiger partial charge in [0.1, 0.15) is 11.4 Å². The molecule has 0 fully saturated rings. The maximum atomic E-state index is 6.18. The lowest BCUT2D eigenvalue weighted by atomic mass is 10.1. The molecule has 0 saturated carbocycles. The molecule has 0 spiro atoms. The van der Waals surface area contributed by atoms with Crippen LogP contribution < -0.4 is 10.2 Å². The van der Waals surface area contributed by atoms with E-state index in [1.54, 1.807) is 13.3 Å². The third kappa shape index (κ3) is 4.31. The highest BCUT2D eigenvalue weighted by Crippen LogP contribution is 2.25. The lowest BCUT2D eigenvalue weighted by molar-refractivity contribution is 0.415. The minimum Gasteiger partial charge on any atom is -0.497 e. The average Bonchev–Trinajstić information content (AvgIpc) is 3.20. The van der Waals surface area contributed by atoms with Crippen molar-refractivity contribution in [3.05, 3.63) is 95.6 Å². The zero-order chi connectivity index (χ0) is 20.1. The molecule has 0 aliphatic heterocycles. The standard InChI is InChI=1S/C23H19ClN4O/c1-29-20-13-11-17(12-14-20)23-18(15-25-26-22-10-6-5-9-21(22)24)16-28(27-23)19-7-3-2-4-8-19/h2-16,26H,1H3/b25-15-. The highest BCUT2D eigenvalue weighted by molar-refractivity contribution is 6.33. The third-order valence-electron chi connectivity index (χ3n) is 4.39. The number of anilines is 1. The van der Waals surface area contributed by atoms with Crippen LogP contribution >= 0.6 is 11.6 Å². The van der Waals surface area contributed by atoms with E-state index in [9.17, 15) is 0 Å². The molecule has 4 rings (SSSR count). The highest BCUT2D eigenvalue weighted by atomic mass is 35.5. The van der Waals surface area contributed by atoms with Crippen molar-refractivity contribution in [2.45, 2.75) is 0 Å². The molecule has 1 N–H and O–H groups in total. The van der Waals surface area contributed by atoms with E-state index in [0.717, 1.165) is 33.9 Å². The lowest BCUT2D eigenvalue weighted by Crippen LogP contribution is -1.94. The van der Waals surface area contributed by atoms with E-state index in [-0.39, 0.29) is 0 Å². The number of methoxy groups -OCH3 is 1. The van der Waals surface area contributed by atoms with Crippen molar-refractivity contribution < 1.29 is 4.74 Å². The van der Waals surface area contributed by atoms with E-state index < -0.39 is 0 Å². The monoisotopic (exact) mass is 402 g/mol. The number of aromatic nitrogens is 2. The molecule has 3 aromatic carbocycles. The summed E-state index contributed by atoms with van der Waals surface area (Å²) in [5, 5.41) is 9.75. The van der Waals surface area contributed by atoms with Gasteiger partial charge in [-0.3, -0.25) is 5.43 Å². The third-order valence-corrected chi connectivity index (χ3v) is 4.72. The smallest absolute Gasteiger partial charge is 0.118 e. The molecule has 0 saturated heterocycles. The number of para-hydroxylation sites is 2. The fraction of sp³-hybridized carbons (Fsp3) is 0.0435. The minimum absolute atomic E-state index is 0.611. The molecule has 0 unspecified atom stereocenters. The molecule has 0 amide bonds. The van der Waals surface area contributed by atoms with Gasteiger partial charge in [-0.25, -0.2) is 4.68 Å². The Morgan fingerprint density at radius 3 is 2.41 bits per heavy atom. The SMILES string of the molecule is COc1ccc(-c2nn(-c3ccccc3)cc2/C=N\Nc2ccccc2Cl)cc1. The fourth-order valence-electron chi connectivity index (χ4n) is 2.89. The fourth-order valence-corrected chi connectivity index (χ4v) is 3.07. The van der Waals surface area contributed by atoms with E-state index in [4.69, 9.17) is 21.4 Å². The highest BCUT2D eigenvalue weighted by Gasteiger charge is 2.11. The van der Waals surface area contributed by atoms with Gasteiger partial charge in [0.2, 0.25) is 0 Å². The van der Waals surface area contributed by atoms with Gasteiger partial charge in [-0.05, 0) is 48.5 Å². The van der Waals surface area contributed by atoms with Crippen molar-refractivity contribution in [1.82, 2.24) is 9.78 Å². The van der Waals surface area contributed by atoms with Gasteiger partial charge in [0, 0.05) is 17.3 Å². The normalized spacial score (nSPS) is 11.0. The summed E-state index contributed by atoms with van der Waals surface area (Å²) in [7, 11) is 1.65. The quantitative estimate of drug-likeness (QED) is 0.335. The molecular formula is C23H19ClN4O. The van der Waals surface area contributed by atoms with E-state index in [1.165, 1.54) is 0 Å². The number of hydrogen-bond acceptors (Lipinski definition) is 4. The van der Waals surface area contributed by atoms with Crippen LogP contribution in [0.5, 0.6) is 5.75 Å². The summed E-state index contributed by atoms with van der Waals surface area (Å²) in [4.78, 5) is 0. The summed E-state index contributed by atoms with van der Waals surface area (Å²) in [6, 6.07) is 25.2. The maximum absolute atomic E-state index is 6.18. The lowest BCUT2D eigenvalue weighted by Gasteiger charge is -2.03. The van der Waals surface area contributed by atoms with Crippen LogP contribution in [-0.4, -0.2) is 23.1 Å². The van der Waals surface area contributed by atoms with Gasteiger partial charge in [-0.1, -0.05) is 41.9 Å². The van der Waals surface area contributed by atoms with Crippen LogP contribution in [0.1, 0.15) is 5.56 Å². The number of rotatable bonds is 6. The van der Waals surface area contributed by atoms with Crippen molar-refractivity contribution in [2.24, 2.45) is 5.10 Å². The summed E-state index contributed by atoms with van der Waals surface area (Å²) < 4.78 is 7.10. The van der Waals surface area contributed by atoms with Gasteiger partial charge in [-0.15, -0.1) is 0 Å². The molecule has 5 nitrogen and oxygen atoms in total. The number of benzene rings is 3. The molecular weight excluding hydrogens is 384 g/mol. The number of nitrogens with one attached hydrogen (secondary N) is 1. The Labute approximate surface area is 174 Å². The second kappa shape index (κ2) is 8.63. The van der Waals surface area contributed by atoms with Crippen molar-refractivity contribution in [1.29, 1.82) is 0 Å². The molecule has 0 aliphatic rings. The second-order valence-corrected chi connectivity index (χ2v) is 6.70. The molecule has 6 heteroatoms. The summed E-state index contributed by atoms with van der Waals surface area (Å²) in [6.07, 6.45) is 3.70. The van der Waals surface area contributed by atoms with Crippen molar-refractivity contribution in [2.75, 3.05) is 12.5 Å². The maximum Gasteiger partial charge on any atom is 0.118 e. The van der Waals surface area contributed by atoms with Crippen LogP contribution in [0.15, 0.2) is 90.2 Å². The molecule has 4 aromatic rings. The van der Waals surface area contributed by atoms with Crippen LogP contribution in [0, 0.1) is 0 Å². The van der Waals surface area contributed by atoms with Crippen LogP contribution in [0.25, 0.3) is 16.9 Å². The Morgan fingerprint density at radius 2 is 1.69 bits per heavy atom. The molecule has 0 bridgehead atoms. The Morgan fingerprint density at radius 1 is 0.966 bits per heavy atom. The topological polar surface area (TPSA) is 51.4 Å². The van der Waals surface area contributed by atoms with Crippen LogP contribution in [-0.2, 0) is 0 Å². The zero-order valence-corrected chi connectivity index (χ0v) is 16.5. The number of nitrogens with zero attached hydrogens (tertiary/aromatic N) is 3. The predicted molar refractivity (Wildman–Crippen MR) is 118 cm³/mol. The number of ether oxygens (including phenoxy) is 1. The zero-order valence-electron chi connectivity index (χ0n) is 15.8. The van der Waals surface area contributed by atoms with Crippen molar-refractivity contribution in [3.63, 3.8) is 0 Å². The van der Waals surface area contributed by atoms with Crippen molar-refractivity contribution in [3.8, 4) is 22.7 Å². The summed E-state index contributed by atoms with van der Waals surface area (Å²) >= 11 is 6.18. The van der Waals surface area contributed by atoms with Gasteiger partial charge in [-0.2, -0.15) is 10.2 Å². The van der Waals surface area contributed by atoms with Crippen LogP contribution in [0.4, 0.5) is 5.69 Å². The Hall–Kier alpha value is -3.57. The van der Waals surface area contributed by atoms with Gasteiger partial charge >= 0.3 is 0 Å². The molecule has 144 valence electrons. The first-order valence-corrected chi connectivity index (χ1v) is 9.45. The van der Waals surface area contributed by atoms with Crippen LogP contribution in [0.2, 0.25) is 5.02 Å². The van der Waals surface area contributed by atoms with E-state index in [1.807, 2.05) is 89.7 Å². The Balaban J connectivity index is 1.69. The van der Waals surface area contributed by atoms with Crippen molar-refractivity contribution >= 4 is 23.5 Å². The minimum atomic E-state index is 0.611. The number of hydrazone groups is 1.